The number of hydrogen-bond acceptors (Lipinski definition) is 8. The average Bonchev–Trinajstić information content (AvgIpc) is 3.51. The molecule has 1 aromatic carbocycles. The largest absolute Gasteiger partial charge is 0.454 e. The van der Waals surface area contributed by atoms with Gasteiger partial charge < -0.3 is 24.6 Å². The lowest BCUT2D eigenvalue weighted by atomic mass is 9.87. The van der Waals surface area contributed by atoms with E-state index in [-0.39, 0.29) is 24.7 Å². The Morgan fingerprint density at radius 3 is 2.42 bits per heavy atom. The minimum absolute atomic E-state index is 0.0828. The molecule has 2 saturated heterocycles. The molecule has 1 amide bonds. The van der Waals surface area contributed by atoms with Gasteiger partial charge in [-0.3, -0.25) is 15.1 Å². The Morgan fingerprint density at radius 1 is 1.15 bits per heavy atom. The van der Waals surface area contributed by atoms with Crippen molar-refractivity contribution >= 4 is 34.9 Å². The van der Waals surface area contributed by atoms with Gasteiger partial charge in [0.05, 0.1) is 29.9 Å². The zero-order valence-electron chi connectivity index (χ0n) is 23.0. The number of anilines is 4. The van der Waals surface area contributed by atoms with Crippen LogP contribution in [0, 0.1) is 5.41 Å². The van der Waals surface area contributed by atoms with Gasteiger partial charge in [-0.05, 0) is 57.9 Å². The number of hydrogen-bond donors (Lipinski definition) is 2. The molecule has 2 fully saturated rings. The Balaban J connectivity index is 1.45. The maximum atomic E-state index is 13.7. The first-order chi connectivity index (χ1) is 18.9. The normalized spacial score (nSPS) is 21.4. The molecule has 2 N–H and O–H groups in total. The van der Waals surface area contributed by atoms with Crippen LogP contribution in [0.15, 0.2) is 24.3 Å². The highest BCUT2D eigenvalue weighted by Gasteiger charge is 2.49. The first-order valence-corrected chi connectivity index (χ1v) is 13.4. The third kappa shape index (κ3) is 4.91. The van der Waals surface area contributed by atoms with Crippen LogP contribution in [-0.4, -0.2) is 78.9 Å². The molecular formula is C27H34F3N7O3. The van der Waals surface area contributed by atoms with Crippen molar-refractivity contribution in [3.8, 4) is 0 Å². The summed E-state index contributed by atoms with van der Waals surface area (Å²) >= 11 is 0. The fraction of sp³-hybridized carbons (Fsp3) is 0.556. The molecule has 5 rings (SSSR count). The van der Waals surface area contributed by atoms with Crippen LogP contribution in [0.4, 0.5) is 36.2 Å². The molecule has 3 aliphatic heterocycles. The molecule has 40 heavy (non-hydrogen) atoms. The zero-order chi connectivity index (χ0) is 28.8. The van der Waals surface area contributed by atoms with E-state index in [0.717, 1.165) is 23.7 Å². The van der Waals surface area contributed by atoms with Crippen LogP contribution in [-0.2, 0) is 19.7 Å². The quantitative estimate of drug-likeness (QED) is 0.410. The topological polar surface area (TPSA) is 107 Å². The molecule has 10 nitrogen and oxygen atoms in total. The molecule has 2 atom stereocenters. The highest BCUT2D eigenvalue weighted by atomic mass is 19.4. The molecule has 3 aliphatic rings. The number of amidine groups is 1. The highest BCUT2D eigenvalue weighted by molar-refractivity contribution is 6.12. The van der Waals surface area contributed by atoms with Gasteiger partial charge in [0.2, 0.25) is 5.91 Å². The molecule has 13 heteroatoms. The van der Waals surface area contributed by atoms with E-state index in [4.69, 9.17) is 19.9 Å². The van der Waals surface area contributed by atoms with E-state index in [2.05, 4.69) is 15.2 Å². The second kappa shape index (κ2) is 10.4. The lowest BCUT2D eigenvalue weighted by Crippen LogP contribution is -2.45. The Bertz CT molecular complexity index is 1280. The van der Waals surface area contributed by atoms with Crippen molar-refractivity contribution in [2.75, 3.05) is 55.0 Å². The second-order valence-electron chi connectivity index (χ2n) is 10.7. The van der Waals surface area contributed by atoms with E-state index in [1.54, 1.807) is 32.7 Å². The van der Waals surface area contributed by atoms with E-state index in [1.807, 2.05) is 24.3 Å². The summed E-state index contributed by atoms with van der Waals surface area (Å²) in [4.78, 5) is 27.7. The molecule has 0 aliphatic carbocycles. The second-order valence-corrected chi connectivity index (χ2v) is 10.7. The highest BCUT2D eigenvalue weighted by Crippen LogP contribution is 2.47. The van der Waals surface area contributed by atoms with Crippen LogP contribution < -0.4 is 15.1 Å². The van der Waals surface area contributed by atoms with Crippen LogP contribution in [0.1, 0.15) is 51.1 Å². The number of amides is 1. The Hall–Kier alpha value is -3.61. The summed E-state index contributed by atoms with van der Waals surface area (Å²) in [6, 6.07) is 5.33. The van der Waals surface area contributed by atoms with Gasteiger partial charge in [0.25, 0.3) is 6.02 Å². The summed E-state index contributed by atoms with van der Waals surface area (Å²) in [5.41, 5.74) is 1.32. The summed E-state index contributed by atoms with van der Waals surface area (Å²) in [5.74, 6) is 0.758. The Labute approximate surface area is 231 Å². The van der Waals surface area contributed by atoms with Crippen molar-refractivity contribution in [3.63, 3.8) is 0 Å². The molecular weight excluding hydrogens is 527 g/mol. The van der Waals surface area contributed by atoms with Gasteiger partial charge in [-0.1, -0.05) is 0 Å². The fourth-order valence-electron chi connectivity index (χ4n) is 5.56. The third-order valence-electron chi connectivity index (χ3n) is 7.75. The van der Waals surface area contributed by atoms with Gasteiger partial charge in [-0.25, -0.2) is 9.97 Å². The summed E-state index contributed by atoms with van der Waals surface area (Å²) in [6.07, 6.45) is -5.16. The number of carbonyl (C=O) groups is 1. The maximum absolute atomic E-state index is 13.7. The van der Waals surface area contributed by atoms with Crippen LogP contribution in [0.2, 0.25) is 0 Å². The summed E-state index contributed by atoms with van der Waals surface area (Å²) in [6.45, 7) is 8.17. The lowest BCUT2D eigenvalue weighted by Gasteiger charge is -2.29. The van der Waals surface area contributed by atoms with E-state index >= 15 is 0 Å². The smallest absolute Gasteiger partial charge is 0.408 e. The van der Waals surface area contributed by atoms with Gasteiger partial charge in [0.1, 0.15) is 17.7 Å². The van der Waals surface area contributed by atoms with Gasteiger partial charge in [-0.15, -0.1) is 0 Å². The number of nitrogens with one attached hydrogen (secondary N) is 2. The average molecular weight is 562 g/mol. The van der Waals surface area contributed by atoms with E-state index < -0.39 is 29.8 Å². The summed E-state index contributed by atoms with van der Waals surface area (Å²) < 4.78 is 51.4. The minimum atomic E-state index is -4.46. The van der Waals surface area contributed by atoms with Crippen molar-refractivity contribution in [2.45, 2.75) is 57.3 Å². The van der Waals surface area contributed by atoms with Gasteiger partial charge in [0.15, 0.2) is 11.9 Å². The molecule has 216 valence electrons. The standard InChI is InChI=1S/C27H34F3N7O3/c1-16(40-25(31)36-11-5-6-19(36)27(28,29)30)21-33-22(32-4)20-23(34-21)37(24(38)26(20,2)3)18-9-7-17(8-10-18)35-12-14-39-15-13-35/h7-10,16,19,31H,5-6,11-15H2,1-4H3,(H,32,33,34)/t16?,19-/m1/s1. The number of likely N-dealkylation sites (tertiary alicyclic amines) is 1. The van der Waals surface area contributed by atoms with E-state index in [1.165, 1.54) is 0 Å². The van der Waals surface area contributed by atoms with Crippen molar-refractivity contribution < 1.29 is 27.4 Å². The van der Waals surface area contributed by atoms with Crippen LogP contribution in [0.25, 0.3) is 0 Å². The maximum Gasteiger partial charge on any atom is 0.408 e. The van der Waals surface area contributed by atoms with Gasteiger partial charge >= 0.3 is 6.18 Å². The predicted molar refractivity (Wildman–Crippen MR) is 144 cm³/mol. The van der Waals surface area contributed by atoms with Crippen LogP contribution in [0.5, 0.6) is 0 Å². The monoisotopic (exact) mass is 561 g/mol. The van der Waals surface area contributed by atoms with Gasteiger partial charge in [-0.2, -0.15) is 13.2 Å². The number of carbonyl (C=O) groups excluding carboxylic acids is 1. The number of alkyl halides is 3. The molecule has 0 radical (unpaired) electrons. The van der Waals surface area contributed by atoms with E-state index in [0.29, 0.717) is 42.5 Å². The summed E-state index contributed by atoms with van der Waals surface area (Å²) in [5, 5.41) is 11.3. The zero-order valence-corrected chi connectivity index (χ0v) is 23.0. The molecule has 1 unspecified atom stereocenters. The number of morpholine rings is 1. The number of rotatable bonds is 5. The molecule has 0 bridgehead atoms. The number of fused-ring (bicyclic) bond motifs is 1. The number of aromatic nitrogens is 2. The van der Waals surface area contributed by atoms with Crippen molar-refractivity contribution in [1.82, 2.24) is 14.9 Å². The van der Waals surface area contributed by atoms with Crippen LogP contribution >= 0.6 is 0 Å². The molecule has 4 heterocycles. The number of nitrogens with zero attached hydrogens (tertiary/aromatic N) is 5. The molecule has 0 spiro atoms. The summed E-state index contributed by atoms with van der Waals surface area (Å²) in [7, 11) is 1.68. The molecule has 0 saturated carbocycles. The third-order valence-corrected chi connectivity index (χ3v) is 7.75. The van der Waals surface area contributed by atoms with Gasteiger partial charge in [0, 0.05) is 32.4 Å². The van der Waals surface area contributed by atoms with E-state index in [9.17, 15) is 18.0 Å². The minimum Gasteiger partial charge on any atom is -0.454 e. The Morgan fingerprint density at radius 2 is 1.80 bits per heavy atom. The number of ether oxygens (including phenoxy) is 2. The van der Waals surface area contributed by atoms with Crippen molar-refractivity contribution in [2.24, 2.45) is 0 Å². The first-order valence-electron chi connectivity index (χ1n) is 13.4. The Kier molecular flexibility index (Phi) is 7.28. The van der Waals surface area contributed by atoms with Crippen molar-refractivity contribution in [3.05, 3.63) is 35.7 Å². The molecule has 1 aromatic heterocycles. The van der Waals surface area contributed by atoms with Crippen LogP contribution in [0.3, 0.4) is 0 Å². The predicted octanol–water partition coefficient (Wildman–Crippen LogP) is 4.35. The first kappa shape index (κ1) is 27.9. The lowest BCUT2D eigenvalue weighted by molar-refractivity contribution is -0.169. The van der Waals surface area contributed by atoms with Crippen molar-refractivity contribution in [1.29, 1.82) is 5.41 Å². The fourth-order valence-corrected chi connectivity index (χ4v) is 5.56. The SMILES string of the molecule is CNc1nc(C(C)OC(=N)N2CCC[C@@H]2C(F)(F)F)nc2c1C(C)(C)C(=O)N2c1ccc(N2CCOCC2)cc1. The molecule has 2 aromatic rings. The number of benzene rings is 1. The number of halogens is 3.